The molecule has 0 atom stereocenters. The molecule has 4 nitrogen and oxygen atoms in total. The van der Waals surface area contributed by atoms with Crippen molar-refractivity contribution in [3.05, 3.63) is 12.0 Å². The summed E-state index contributed by atoms with van der Waals surface area (Å²) in [4.78, 5) is 4.41. The summed E-state index contributed by atoms with van der Waals surface area (Å²) in [7, 11) is 0. The Bertz CT molecular complexity index is 337. The maximum Gasteiger partial charge on any atom is 0.130 e. The summed E-state index contributed by atoms with van der Waals surface area (Å²) in [5, 5.41) is 3.33. The number of aromatic nitrogens is 2. The molecule has 1 saturated carbocycles. The maximum absolute atomic E-state index is 6.13. The minimum Gasteiger partial charge on any atom is -0.370 e. The molecule has 0 saturated heterocycles. The summed E-state index contributed by atoms with van der Waals surface area (Å²) in [6, 6.07) is 0. The average molecular weight is 178 g/mol. The van der Waals surface area contributed by atoms with Crippen molar-refractivity contribution in [3.8, 4) is 0 Å². The third-order valence-electron chi connectivity index (χ3n) is 2.95. The van der Waals surface area contributed by atoms with E-state index in [0.717, 1.165) is 37.6 Å². The second-order valence-electron chi connectivity index (χ2n) is 4.06. The van der Waals surface area contributed by atoms with E-state index in [0.29, 0.717) is 0 Å². The first kappa shape index (κ1) is 7.38. The molecule has 70 valence electrons. The number of imidazole rings is 1. The quantitative estimate of drug-likeness (QED) is 0.663. The van der Waals surface area contributed by atoms with Crippen LogP contribution in [0.3, 0.4) is 0 Å². The molecule has 0 amide bonds. The van der Waals surface area contributed by atoms with Gasteiger partial charge in [-0.15, -0.1) is 0 Å². The highest BCUT2D eigenvalue weighted by molar-refractivity contribution is 5.39. The molecular weight excluding hydrogens is 164 g/mol. The summed E-state index contributed by atoms with van der Waals surface area (Å²) in [6.07, 6.45) is 5.25. The standard InChI is InChI=1S/C9H14N4/c10-9(2-3-9)8-12-6-7-11-4-1-5-13(7)8/h6,11H,1-5,10H2. The molecule has 1 aromatic rings. The van der Waals surface area contributed by atoms with Crippen molar-refractivity contribution in [1.29, 1.82) is 0 Å². The van der Waals surface area contributed by atoms with Crippen molar-refractivity contribution in [2.24, 2.45) is 5.73 Å². The fourth-order valence-electron chi connectivity index (χ4n) is 1.95. The first-order valence-electron chi connectivity index (χ1n) is 4.88. The Morgan fingerprint density at radius 3 is 3.15 bits per heavy atom. The number of hydrogen-bond donors (Lipinski definition) is 2. The Labute approximate surface area is 77.1 Å². The van der Waals surface area contributed by atoms with Gasteiger partial charge in [-0.05, 0) is 19.3 Å². The number of nitrogens with two attached hydrogens (primary N) is 1. The minimum atomic E-state index is -0.0999. The second kappa shape index (κ2) is 2.26. The Morgan fingerprint density at radius 1 is 1.54 bits per heavy atom. The summed E-state index contributed by atoms with van der Waals surface area (Å²) < 4.78 is 2.23. The molecule has 0 aromatic carbocycles. The lowest BCUT2D eigenvalue weighted by Crippen LogP contribution is -2.27. The predicted molar refractivity (Wildman–Crippen MR) is 50.4 cm³/mol. The smallest absolute Gasteiger partial charge is 0.130 e. The van der Waals surface area contributed by atoms with Gasteiger partial charge in [0.2, 0.25) is 0 Å². The molecule has 1 fully saturated rings. The van der Waals surface area contributed by atoms with E-state index in [1.54, 1.807) is 0 Å². The average Bonchev–Trinajstić information content (AvgIpc) is 2.76. The molecule has 1 aliphatic heterocycles. The van der Waals surface area contributed by atoms with E-state index in [1.165, 1.54) is 6.42 Å². The highest BCUT2D eigenvalue weighted by Crippen LogP contribution is 2.42. The van der Waals surface area contributed by atoms with E-state index in [2.05, 4.69) is 14.9 Å². The van der Waals surface area contributed by atoms with Crippen molar-refractivity contribution in [2.75, 3.05) is 11.9 Å². The van der Waals surface area contributed by atoms with Gasteiger partial charge in [0.1, 0.15) is 11.6 Å². The van der Waals surface area contributed by atoms with Gasteiger partial charge in [-0.2, -0.15) is 0 Å². The first-order chi connectivity index (χ1) is 6.30. The van der Waals surface area contributed by atoms with Crippen LogP contribution in [0.15, 0.2) is 6.20 Å². The van der Waals surface area contributed by atoms with Gasteiger partial charge in [0, 0.05) is 13.1 Å². The zero-order chi connectivity index (χ0) is 8.89. The van der Waals surface area contributed by atoms with E-state index in [1.807, 2.05) is 6.20 Å². The number of fused-ring (bicyclic) bond motifs is 1. The highest BCUT2D eigenvalue weighted by atomic mass is 15.2. The van der Waals surface area contributed by atoms with Crippen LogP contribution in [0, 0.1) is 0 Å². The van der Waals surface area contributed by atoms with Crippen LogP contribution in [0.1, 0.15) is 25.1 Å². The summed E-state index contributed by atoms with van der Waals surface area (Å²) in [5.41, 5.74) is 6.03. The Hall–Kier alpha value is -1.03. The highest BCUT2D eigenvalue weighted by Gasteiger charge is 2.44. The predicted octanol–water partition coefficient (Wildman–Crippen LogP) is 0.646. The molecule has 0 radical (unpaired) electrons. The van der Waals surface area contributed by atoms with Gasteiger partial charge < -0.3 is 15.6 Å². The molecule has 4 heteroatoms. The normalized spacial score (nSPS) is 23.5. The summed E-state index contributed by atoms with van der Waals surface area (Å²) in [5.74, 6) is 2.22. The monoisotopic (exact) mass is 178 g/mol. The molecule has 0 unspecified atom stereocenters. The second-order valence-corrected chi connectivity index (χ2v) is 4.06. The number of hydrogen-bond acceptors (Lipinski definition) is 3. The Kier molecular flexibility index (Phi) is 1.28. The van der Waals surface area contributed by atoms with Gasteiger partial charge in [0.25, 0.3) is 0 Å². The van der Waals surface area contributed by atoms with Crippen molar-refractivity contribution in [1.82, 2.24) is 9.55 Å². The third kappa shape index (κ3) is 0.983. The van der Waals surface area contributed by atoms with Gasteiger partial charge in [-0.1, -0.05) is 0 Å². The van der Waals surface area contributed by atoms with Crippen LogP contribution in [0.2, 0.25) is 0 Å². The van der Waals surface area contributed by atoms with Crippen LogP contribution in [0.4, 0.5) is 5.82 Å². The fraction of sp³-hybridized carbons (Fsp3) is 0.667. The van der Waals surface area contributed by atoms with E-state index in [4.69, 9.17) is 5.73 Å². The molecule has 0 spiro atoms. The molecule has 13 heavy (non-hydrogen) atoms. The Balaban J connectivity index is 2.06. The lowest BCUT2D eigenvalue weighted by molar-refractivity contribution is 0.550. The van der Waals surface area contributed by atoms with Crippen LogP contribution in [0.25, 0.3) is 0 Å². The molecule has 2 heterocycles. The SMILES string of the molecule is NC1(c2ncc3n2CCCN3)CC1. The van der Waals surface area contributed by atoms with Gasteiger partial charge in [-0.25, -0.2) is 4.98 Å². The molecular formula is C9H14N4. The third-order valence-corrected chi connectivity index (χ3v) is 2.95. The summed E-state index contributed by atoms with van der Waals surface area (Å²) >= 11 is 0. The lowest BCUT2D eigenvalue weighted by atomic mass is 10.2. The topological polar surface area (TPSA) is 55.9 Å². The van der Waals surface area contributed by atoms with E-state index >= 15 is 0 Å². The van der Waals surface area contributed by atoms with Gasteiger partial charge in [-0.3, -0.25) is 0 Å². The van der Waals surface area contributed by atoms with E-state index in [-0.39, 0.29) is 5.54 Å². The van der Waals surface area contributed by atoms with Crippen LogP contribution in [-0.4, -0.2) is 16.1 Å². The molecule has 2 aliphatic rings. The van der Waals surface area contributed by atoms with Gasteiger partial charge in [0.05, 0.1) is 11.7 Å². The molecule has 3 rings (SSSR count). The Morgan fingerprint density at radius 2 is 2.38 bits per heavy atom. The van der Waals surface area contributed by atoms with Gasteiger partial charge in [0.15, 0.2) is 0 Å². The maximum atomic E-state index is 6.13. The zero-order valence-corrected chi connectivity index (χ0v) is 7.58. The van der Waals surface area contributed by atoms with Crippen molar-refractivity contribution in [2.45, 2.75) is 31.3 Å². The number of nitrogens with one attached hydrogen (secondary N) is 1. The zero-order valence-electron chi connectivity index (χ0n) is 7.58. The van der Waals surface area contributed by atoms with E-state index < -0.39 is 0 Å². The van der Waals surface area contributed by atoms with Crippen LogP contribution >= 0.6 is 0 Å². The molecule has 0 bridgehead atoms. The molecule has 1 aromatic heterocycles. The number of anilines is 1. The van der Waals surface area contributed by atoms with Crippen LogP contribution < -0.4 is 11.1 Å². The largest absolute Gasteiger partial charge is 0.370 e. The van der Waals surface area contributed by atoms with Crippen LogP contribution in [-0.2, 0) is 12.1 Å². The fourth-order valence-corrected chi connectivity index (χ4v) is 1.95. The summed E-state index contributed by atoms with van der Waals surface area (Å²) in [6.45, 7) is 2.12. The van der Waals surface area contributed by atoms with E-state index in [9.17, 15) is 0 Å². The van der Waals surface area contributed by atoms with Crippen molar-refractivity contribution < 1.29 is 0 Å². The molecule has 3 N–H and O–H groups in total. The van der Waals surface area contributed by atoms with Crippen LogP contribution in [0.5, 0.6) is 0 Å². The van der Waals surface area contributed by atoms with Gasteiger partial charge >= 0.3 is 0 Å². The number of nitrogens with zero attached hydrogens (tertiary/aromatic N) is 2. The lowest BCUT2D eigenvalue weighted by Gasteiger charge is -2.20. The van der Waals surface area contributed by atoms with Crippen molar-refractivity contribution >= 4 is 5.82 Å². The number of rotatable bonds is 1. The van der Waals surface area contributed by atoms with Crippen molar-refractivity contribution in [3.63, 3.8) is 0 Å². The molecule has 1 aliphatic carbocycles. The minimum absolute atomic E-state index is 0.0999. The first-order valence-corrected chi connectivity index (χ1v) is 4.88.